The van der Waals surface area contributed by atoms with E-state index in [2.05, 4.69) is 20.7 Å². The summed E-state index contributed by atoms with van der Waals surface area (Å²) >= 11 is 6.13. The number of nitrogens with one attached hydrogen (secondary N) is 2. The van der Waals surface area contributed by atoms with E-state index in [0.717, 1.165) is 11.3 Å². The lowest BCUT2D eigenvalue weighted by atomic mass is 10.2. The molecule has 0 aliphatic carbocycles. The average Bonchev–Trinajstić information content (AvgIpc) is 2.42. The summed E-state index contributed by atoms with van der Waals surface area (Å²) in [4.78, 5) is 8.09. The molecular weight excluding hydrogens is 266 g/mol. The molecule has 2 aromatic rings. The van der Waals surface area contributed by atoms with Crippen molar-refractivity contribution in [3.8, 4) is 5.75 Å². The smallest absolute Gasteiger partial charge is 0.205 e. The number of nitrogens with zero attached hydrogens (tertiary/aromatic N) is 2. The number of halogens is 1. The van der Waals surface area contributed by atoms with Gasteiger partial charge in [-0.1, -0.05) is 17.7 Å². The Balaban J connectivity index is 2.40. The summed E-state index contributed by atoms with van der Waals surface area (Å²) in [6.45, 7) is 1.98. The second kappa shape index (κ2) is 5.73. The molecule has 4 N–H and O–H groups in total. The topological polar surface area (TPSA) is 85.1 Å². The SMILES string of the molecule is COc1c(NN)ncnc1Nc1cc(C)ccc1Cl. The zero-order valence-corrected chi connectivity index (χ0v) is 11.3. The second-order valence-corrected chi connectivity index (χ2v) is 4.26. The third-order valence-electron chi connectivity index (χ3n) is 2.52. The number of nitrogens with two attached hydrogens (primary N) is 1. The van der Waals surface area contributed by atoms with Gasteiger partial charge in [0.2, 0.25) is 5.75 Å². The molecule has 1 aromatic carbocycles. The first-order valence-electron chi connectivity index (χ1n) is 5.54. The number of nitrogen functional groups attached to an aromatic ring is 1. The van der Waals surface area contributed by atoms with Gasteiger partial charge in [0, 0.05) is 0 Å². The quantitative estimate of drug-likeness (QED) is 0.589. The summed E-state index contributed by atoms with van der Waals surface area (Å²) in [5, 5.41) is 3.69. The number of hydrogen-bond donors (Lipinski definition) is 3. The average molecular weight is 280 g/mol. The van der Waals surface area contributed by atoms with E-state index in [0.29, 0.717) is 22.4 Å². The van der Waals surface area contributed by atoms with E-state index in [1.807, 2.05) is 25.1 Å². The molecule has 0 aliphatic heterocycles. The van der Waals surface area contributed by atoms with Crippen molar-refractivity contribution < 1.29 is 4.74 Å². The molecular formula is C12H14ClN5O. The summed E-state index contributed by atoms with van der Waals surface area (Å²) < 4.78 is 5.24. The summed E-state index contributed by atoms with van der Waals surface area (Å²) in [7, 11) is 1.52. The highest BCUT2D eigenvalue weighted by Gasteiger charge is 2.12. The van der Waals surface area contributed by atoms with Gasteiger partial charge in [0.25, 0.3) is 0 Å². The van der Waals surface area contributed by atoms with Crippen LogP contribution < -0.4 is 21.3 Å². The van der Waals surface area contributed by atoms with Gasteiger partial charge in [-0.25, -0.2) is 15.8 Å². The minimum atomic E-state index is 0.392. The van der Waals surface area contributed by atoms with Crippen LogP contribution in [-0.2, 0) is 0 Å². The van der Waals surface area contributed by atoms with Crippen molar-refractivity contribution in [2.24, 2.45) is 5.84 Å². The van der Waals surface area contributed by atoms with Crippen LogP contribution in [0.2, 0.25) is 5.02 Å². The Kier molecular flexibility index (Phi) is 4.03. The summed E-state index contributed by atoms with van der Waals surface area (Å²) in [6, 6.07) is 5.66. The van der Waals surface area contributed by atoms with Gasteiger partial charge in [-0.2, -0.15) is 0 Å². The van der Waals surface area contributed by atoms with Crippen molar-refractivity contribution in [2.45, 2.75) is 6.92 Å². The highest BCUT2D eigenvalue weighted by Crippen LogP contribution is 2.33. The van der Waals surface area contributed by atoms with E-state index in [1.165, 1.54) is 13.4 Å². The number of aromatic nitrogens is 2. The number of anilines is 3. The molecule has 0 aliphatic rings. The predicted octanol–water partition coefficient (Wildman–Crippen LogP) is 2.48. The molecule has 1 aromatic heterocycles. The van der Waals surface area contributed by atoms with Crippen LogP contribution in [0.5, 0.6) is 5.75 Å². The molecule has 0 spiro atoms. The lowest BCUT2D eigenvalue weighted by Gasteiger charge is -2.13. The Morgan fingerprint density at radius 3 is 2.68 bits per heavy atom. The maximum absolute atomic E-state index is 6.13. The van der Waals surface area contributed by atoms with Crippen LogP contribution in [0.3, 0.4) is 0 Å². The van der Waals surface area contributed by atoms with Gasteiger partial charge in [0.15, 0.2) is 11.6 Å². The molecule has 2 rings (SSSR count). The zero-order chi connectivity index (χ0) is 13.8. The number of methoxy groups -OCH3 is 1. The number of hydrazine groups is 1. The van der Waals surface area contributed by atoms with E-state index >= 15 is 0 Å². The van der Waals surface area contributed by atoms with Crippen molar-refractivity contribution in [1.82, 2.24) is 9.97 Å². The van der Waals surface area contributed by atoms with Gasteiger partial charge in [0.1, 0.15) is 6.33 Å². The Labute approximate surface area is 115 Å². The van der Waals surface area contributed by atoms with Gasteiger partial charge in [0.05, 0.1) is 17.8 Å². The minimum absolute atomic E-state index is 0.392. The fourth-order valence-corrected chi connectivity index (χ4v) is 1.79. The van der Waals surface area contributed by atoms with Crippen LogP contribution in [0.15, 0.2) is 24.5 Å². The standard InChI is InChI=1S/C12H14ClN5O/c1-7-3-4-8(13)9(5-7)17-11-10(19-2)12(18-14)16-6-15-11/h3-6H,14H2,1-2H3,(H2,15,16,17,18). The zero-order valence-electron chi connectivity index (χ0n) is 10.6. The van der Waals surface area contributed by atoms with E-state index in [4.69, 9.17) is 22.2 Å². The van der Waals surface area contributed by atoms with Gasteiger partial charge < -0.3 is 15.5 Å². The van der Waals surface area contributed by atoms with Crippen molar-refractivity contribution >= 4 is 28.9 Å². The predicted molar refractivity (Wildman–Crippen MR) is 75.9 cm³/mol. The van der Waals surface area contributed by atoms with Crippen LogP contribution in [0.1, 0.15) is 5.56 Å². The molecule has 19 heavy (non-hydrogen) atoms. The highest BCUT2D eigenvalue weighted by molar-refractivity contribution is 6.33. The second-order valence-electron chi connectivity index (χ2n) is 3.86. The molecule has 0 amide bonds. The maximum Gasteiger partial charge on any atom is 0.205 e. The van der Waals surface area contributed by atoms with Crippen molar-refractivity contribution in [3.05, 3.63) is 35.1 Å². The van der Waals surface area contributed by atoms with E-state index in [1.54, 1.807) is 0 Å². The Hall–Kier alpha value is -2.05. The normalized spacial score (nSPS) is 10.1. The van der Waals surface area contributed by atoms with E-state index < -0.39 is 0 Å². The summed E-state index contributed by atoms with van der Waals surface area (Å²) in [5.74, 6) is 6.66. The van der Waals surface area contributed by atoms with Crippen LogP contribution in [0.4, 0.5) is 17.3 Å². The minimum Gasteiger partial charge on any atom is -0.490 e. The number of hydrogen-bond acceptors (Lipinski definition) is 6. The molecule has 0 saturated carbocycles. The Morgan fingerprint density at radius 2 is 2.00 bits per heavy atom. The largest absolute Gasteiger partial charge is 0.490 e. The molecule has 100 valence electrons. The molecule has 0 bridgehead atoms. The lowest BCUT2D eigenvalue weighted by Crippen LogP contribution is -2.11. The number of benzene rings is 1. The highest BCUT2D eigenvalue weighted by atomic mass is 35.5. The van der Waals surface area contributed by atoms with Crippen LogP contribution in [-0.4, -0.2) is 17.1 Å². The van der Waals surface area contributed by atoms with Gasteiger partial charge in [-0.05, 0) is 24.6 Å². The first-order chi connectivity index (χ1) is 9.15. The van der Waals surface area contributed by atoms with Crippen LogP contribution >= 0.6 is 11.6 Å². The number of ether oxygens (including phenoxy) is 1. The molecule has 6 nitrogen and oxygen atoms in total. The van der Waals surface area contributed by atoms with Crippen LogP contribution in [0, 0.1) is 6.92 Å². The Morgan fingerprint density at radius 1 is 1.26 bits per heavy atom. The monoisotopic (exact) mass is 279 g/mol. The first-order valence-corrected chi connectivity index (χ1v) is 5.92. The van der Waals surface area contributed by atoms with Gasteiger partial charge in [-0.15, -0.1) is 0 Å². The Bertz CT molecular complexity index is 590. The molecule has 0 unspecified atom stereocenters. The molecule has 1 heterocycles. The lowest BCUT2D eigenvalue weighted by molar-refractivity contribution is 0.415. The van der Waals surface area contributed by atoms with Gasteiger partial charge in [-0.3, -0.25) is 0 Å². The third-order valence-corrected chi connectivity index (χ3v) is 2.85. The maximum atomic E-state index is 6.13. The van der Waals surface area contributed by atoms with Gasteiger partial charge >= 0.3 is 0 Å². The van der Waals surface area contributed by atoms with Crippen molar-refractivity contribution in [3.63, 3.8) is 0 Å². The van der Waals surface area contributed by atoms with Crippen LogP contribution in [0.25, 0.3) is 0 Å². The molecule has 0 atom stereocenters. The van der Waals surface area contributed by atoms with Crippen molar-refractivity contribution in [2.75, 3.05) is 17.9 Å². The molecule has 0 saturated heterocycles. The fourth-order valence-electron chi connectivity index (χ4n) is 1.62. The molecule has 0 fully saturated rings. The fraction of sp³-hybridized carbons (Fsp3) is 0.167. The van der Waals surface area contributed by atoms with Crippen molar-refractivity contribution in [1.29, 1.82) is 0 Å². The third kappa shape index (κ3) is 2.86. The summed E-state index contributed by atoms with van der Waals surface area (Å²) in [5.41, 5.74) is 4.27. The first kappa shape index (κ1) is 13.4. The summed E-state index contributed by atoms with van der Waals surface area (Å²) in [6.07, 6.45) is 1.38. The van der Waals surface area contributed by atoms with E-state index in [9.17, 15) is 0 Å². The molecule has 7 heteroatoms. The number of rotatable bonds is 4. The van der Waals surface area contributed by atoms with E-state index in [-0.39, 0.29) is 0 Å². The number of aryl methyl sites for hydroxylation is 1. The molecule has 0 radical (unpaired) electrons.